The normalized spacial score (nSPS) is 11.8. The Morgan fingerprint density at radius 3 is 2.41 bits per heavy atom. The van der Waals surface area contributed by atoms with Gasteiger partial charge < -0.3 is 25.8 Å². The van der Waals surface area contributed by atoms with E-state index in [-0.39, 0.29) is 17.4 Å². The van der Waals surface area contributed by atoms with Crippen LogP contribution in [-0.2, 0) is 16.0 Å². The molecule has 1 unspecified atom stereocenters. The number of carbonyl (C=O) groups is 3. The molecule has 4 N–H and O–H groups in total. The van der Waals surface area contributed by atoms with Crippen molar-refractivity contribution in [3.8, 4) is 11.5 Å². The first-order valence-electron chi connectivity index (χ1n) is 14.1. The number of ether oxygens (including phenoxy) is 1. The molecule has 0 aromatic heterocycles. The van der Waals surface area contributed by atoms with Gasteiger partial charge in [0, 0.05) is 33.5 Å². The summed E-state index contributed by atoms with van der Waals surface area (Å²) >= 11 is 1.37. The predicted molar refractivity (Wildman–Crippen MR) is 176 cm³/mol. The molecule has 0 bridgehead atoms. The third kappa shape index (κ3) is 8.29. The first-order valence-corrected chi connectivity index (χ1v) is 15.0. The van der Waals surface area contributed by atoms with Gasteiger partial charge in [0.15, 0.2) is 0 Å². The smallest absolute Gasteiger partial charge is 0.272 e. The van der Waals surface area contributed by atoms with Crippen LogP contribution in [0.2, 0.25) is 0 Å². The number of benzene rings is 4. The zero-order chi connectivity index (χ0) is 31.6. The summed E-state index contributed by atoms with van der Waals surface area (Å²) in [4.78, 5) is 40.4. The highest BCUT2D eigenvalue weighted by Gasteiger charge is 2.19. The molecule has 0 spiro atoms. The van der Waals surface area contributed by atoms with E-state index in [9.17, 15) is 19.5 Å². The van der Waals surface area contributed by atoms with Crippen molar-refractivity contribution in [3.63, 3.8) is 0 Å². The summed E-state index contributed by atoms with van der Waals surface area (Å²) in [6.07, 6.45) is 2.29. The number of thioether (sulfide) groups is 1. The van der Waals surface area contributed by atoms with Crippen molar-refractivity contribution in [3.05, 3.63) is 119 Å². The van der Waals surface area contributed by atoms with Crippen molar-refractivity contribution in [2.45, 2.75) is 37.3 Å². The summed E-state index contributed by atoms with van der Waals surface area (Å²) in [6, 6.07) is 26.1. The van der Waals surface area contributed by atoms with E-state index in [1.165, 1.54) is 37.1 Å². The number of carbonyl (C=O) groups excluding carboxylic acids is 3. The van der Waals surface area contributed by atoms with Crippen LogP contribution < -0.4 is 20.7 Å². The average molecular weight is 610 g/mol. The summed E-state index contributed by atoms with van der Waals surface area (Å²) < 4.78 is 5.36. The van der Waals surface area contributed by atoms with Crippen molar-refractivity contribution >= 4 is 46.9 Å². The van der Waals surface area contributed by atoms with Gasteiger partial charge in [-0.15, -0.1) is 11.8 Å². The first-order chi connectivity index (χ1) is 21.2. The second-order valence-electron chi connectivity index (χ2n) is 10.00. The van der Waals surface area contributed by atoms with Gasteiger partial charge in [-0.25, -0.2) is 0 Å². The van der Waals surface area contributed by atoms with E-state index in [1.54, 1.807) is 54.6 Å². The van der Waals surface area contributed by atoms with E-state index in [0.717, 1.165) is 28.1 Å². The van der Waals surface area contributed by atoms with E-state index in [0.29, 0.717) is 22.6 Å². The first kappa shape index (κ1) is 31.9. The Morgan fingerprint density at radius 2 is 1.68 bits per heavy atom. The molecule has 0 saturated heterocycles. The lowest BCUT2D eigenvalue weighted by atomic mass is 10.1. The quantitative estimate of drug-likeness (QED) is 0.110. The largest absolute Gasteiger partial charge is 0.508 e. The maximum absolute atomic E-state index is 13.5. The number of rotatable bonds is 11. The number of hydrogen-bond donors (Lipinski definition) is 4. The topological polar surface area (TPSA) is 117 Å². The number of phenols is 1. The van der Waals surface area contributed by atoms with Gasteiger partial charge in [0.25, 0.3) is 11.8 Å². The van der Waals surface area contributed by atoms with Gasteiger partial charge in [0.2, 0.25) is 5.91 Å². The van der Waals surface area contributed by atoms with Crippen LogP contribution in [0.25, 0.3) is 6.08 Å². The lowest BCUT2D eigenvalue weighted by Crippen LogP contribution is -2.30. The highest BCUT2D eigenvalue weighted by Crippen LogP contribution is 2.29. The number of phenolic OH excluding ortho intramolecular Hbond substituents is 1. The van der Waals surface area contributed by atoms with Crippen LogP contribution in [-0.4, -0.2) is 35.2 Å². The third-order valence-corrected chi connectivity index (χ3v) is 7.90. The fourth-order valence-electron chi connectivity index (χ4n) is 4.45. The summed E-state index contributed by atoms with van der Waals surface area (Å²) in [5.74, 6) is -0.824. The van der Waals surface area contributed by atoms with E-state index in [4.69, 9.17) is 4.74 Å². The van der Waals surface area contributed by atoms with Crippen LogP contribution in [0.15, 0.2) is 102 Å². The highest BCUT2D eigenvalue weighted by molar-refractivity contribution is 8.00. The number of aryl methyl sites for hydroxylation is 2. The molecule has 226 valence electrons. The minimum atomic E-state index is -0.566. The zero-order valence-electron chi connectivity index (χ0n) is 25.0. The number of para-hydroxylation sites is 1. The molecule has 4 rings (SSSR count). The molecule has 0 aliphatic rings. The third-order valence-electron chi connectivity index (χ3n) is 6.81. The number of aromatic hydroxyl groups is 1. The Balaban J connectivity index is 1.53. The molecule has 0 heterocycles. The van der Waals surface area contributed by atoms with Crippen LogP contribution in [0.4, 0.5) is 11.4 Å². The van der Waals surface area contributed by atoms with Gasteiger partial charge in [-0.1, -0.05) is 49.4 Å². The molecule has 9 heteroatoms. The van der Waals surface area contributed by atoms with E-state index >= 15 is 0 Å². The fourth-order valence-corrected chi connectivity index (χ4v) is 5.37. The van der Waals surface area contributed by atoms with E-state index < -0.39 is 17.1 Å². The van der Waals surface area contributed by atoms with Crippen molar-refractivity contribution in [2.24, 2.45) is 0 Å². The maximum atomic E-state index is 13.5. The van der Waals surface area contributed by atoms with E-state index in [1.807, 2.05) is 38.1 Å². The lowest BCUT2D eigenvalue weighted by molar-refractivity contribution is -0.115. The molecule has 0 fully saturated rings. The van der Waals surface area contributed by atoms with Crippen LogP contribution in [0.3, 0.4) is 0 Å². The van der Waals surface area contributed by atoms with Crippen LogP contribution in [0, 0.1) is 6.92 Å². The number of amides is 3. The van der Waals surface area contributed by atoms with Gasteiger partial charge in [-0.05, 0) is 79.9 Å². The average Bonchev–Trinajstić information content (AvgIpc) is 3.02. The maximum Gasteiger partial charge on any atom is 0.272 e. The molecule has 0 aliphatic carbocycles. The van der Waals surface area contributed by atoms with Gasteiger partial charge >= 0.3 is 0 Å². The standard InChI is InChI=1S/C35H35N3O5S/c1-5-24-14-9-11-22(2)32(24)38-33(40)23(3)44-29-16-10-15-27(20-29)36-35(42)30(37-34(41)25-12-7-6-8-13-25)19-26-17-18-28(39)21-31(26)43-4/h6-21,23,39H,5H2,1-4H3,(H,36,42)(H,37,41)(H,38,40)/b30-19+. The molecule has 1 atom stereocenters. The predicted octanol–water partition coefficient (Wildman–Crippen LogP) is 6.80. The van der Waals surface area contributed by atoms with Gasteiger partial charge in [-0.3, -0.25) is 14.4 Å². The Bertz CT molecular complexity index is 1690. The Hall–Kier alpha value is -5.02. The highest BCUT2D eigenvalue weighted by atomic mass is 32.2. The Labute approximate surface area is 261 Å². The van der Waals surface area contributed by atoms with Gasteiger partial charge in [0.05, 0.1) is 12.4 Å². The lowest BCUT2D eigenvalue weighted by Gasteiger charge is -2.17. The zero-order valence-corrected chi connectivity index (χ0v) is 25.8. The minimum absolute atomic E-state index is 0.000236. The molecule has 0 saturated carbocycles. The van der Waals surface area contributed by atoms with Crippen molar-refractivity contribution in [1.29, 1.82) is 0 Å². The summed E-state index contributed by atoms with van der Waals surface area (Å²) in [7, 11) is 1.45. The van der Waals surface area contributed by atoms with Crippen molar-refractivity contribution in [2.75, 3.05) is 17.7 Å². The SMILES string of the molecule is CCc1cccc(C)c1NC(=O)C(C)Sc1cccc(NC(=O)/C(=C\c2ccc(O)cc2OC)NC(=O)c2ccccc2)c1. The second-order valence-corrected chi connectivity index (χ2v) is 11.4. The molecule has 44 heavy (non-hydrogen) atoms. The number of nitrogens with one attached hydrogen (secondary N) is 3. The van der Waals surface area contributed by atoms with Crippen molar-refractivity contribution < 1.29 is 24.2 Å². The Kier molecular flexibility index (Phi) is 10.8. The van der Waals surface area contributed by atoms with Crippen LogP contribution >= 0.6 is 11.8 Å². The summed E-state index contributed by atoms with van der Waals surface area (Å²) in [5.41, 5.74) is 4.24. The molecular weight excluding hydrogens is 574 g/mol. The van der Waals surface area contributed by atoms with Crippen molar-refractivity contribution in [1.82, 2.24) is 5.32 Å². The van der Waals surface area contributed by atoms with Crippen LogP contribution in [0.1, 0.15) is 40.9 Å². The molecule has 8 nitrogen and oxygen atoms in total. The molecular formula is C35H35N3O5S. The fraction of sp³-hybridized carbons (Fsp3) is 0.171. The van der Waals surface area contributed by atoms with E-state index in [2.05, 4.69) is 22.9 Å². The molecule has 4 aromatic carbocycles. The monoisotopic (exact) mass is 609 g/mol. The molecule has 0 aliphatic heterocycles. The molecule has 4 aromatic rings. The van der Waals surface area contributed by atoms with Gasteiger partial charge in [-0.2, -0.15) is 0 Å². The van der Waals surface area contributed by atoms with Gasteiger partial charge in [0.1, 0.15) is 17.2 Å². The molecule has 0 radical (unpaired) electrons. The number of methoxy groups -OCH3 is 1. The van der Waals surface area contributed by atoms with Crippen LogP contribution in [0.5, 0.6) is 11.5 Å². The summed E-state index contributed by atoms with van der Waals surface area (Å²) in [5, 5.41) is 18.1. The number of anilines is 2. The second kappa shape index (κ2) is 14.9. The summed E-state index contributed by atoms with van der Waals surface area (Å²) in [6.45, 7) is 5.86. The minimum Gasteiger partial charge on any atom is -0.508 e. The Morgan fingerprint density at radius 1 is 0.932 bits per heavy atom. The molecule has 3 amide bonds. The number of hydrogen-bond acceptors (Lipinski definition) is 6.